The van der Waals surface area contributed by atoms with Crippen LogP contribution in [0.25, 0.3) is 6.08 Å². The Balaban J connectivity index is 1.85. The number of halogens is 1. The van der Waals surface area contributed by atoms with Crippen LogP contribution in [0.5, 0.6) is 5.88 Å². The van der Waals surface area contributed by atoms with Gasteiger partial charge in [-0.3, -0.25) is 4.79 Å². The number of hydrogen-bond donors (Lipinski definition) is 0. The average Bonchev–Trinajstić information content (AvgIpc) is 2.46. The SMILES string of the molecule is O=Cc1ccc(C=CCOc2ccc(Br)cn2)cc1. The lowest BCUT2D eigenvalue weighted by Gasteiger charge is -2.01. The van der Waals surface area contributed by atoms with E-state index in [0.29, 0.717) is 18.1 Å². The van der Waals surface area contributed by atoms with Gasteiger partial charge in [0.2, 0.25) is 5.88 Å². The van der Waals surface area contributed by atoms with E-state index in [4.69, 9.17) is 4.74 Å². The van der Waals surface area contributed by atoms with Crippen LogP contribution in [-0.4, -0.2) is 17.9 Å². The topological polar surface area (TPSA) is 39.2 Å². The lowest BCUT2D eigenvalue weighted by Crippen LogP contribution is -1.95. The fourth-order valence-corrected chi connectivity index (χ4v) is 1.69. The Morgan fingerprint density at radius 3 is 2.47 bits per heavy atom. The van der Waals surface area contributed by atoms with E-state index in [1.54, 1.807) is 24.4 Å². The Bertz CT molecular complexity index is 562. The molecular weight excluding hydrogens is 306 g/mol. The largest absolute Gasteiger partial charge is 0.473 e. The van der Waals surface area contributed by atoms with Gasteiger partial charge in [-0.1, -0.05) is 30.3 Å². The van der Waals surface area contributed by atoms with Crippen LogP contribution in [0.15, 0.2) is 53.1 Å². The van der Waals surface area contributed by atoms with Gasteiger partial charge in [0.25, 0.3) is 0 Å². The third kappa shape index (κ3) is 4.34. The van der Waals surface area contributed by atoms with Gasteiger partial charge < -0.3 is 4.74 Å². The van der Waals surface area contributed by atoms with Gasteiger partial charge in [-0.05, 0) is 33.6 Å². The summed E-state index contributed by atoms with van der Waals surface area (Å²) in [7, 11) is 0. The maximum atomic E-state index is 10.5. The summed E-state index contributed by atoms with van der Waals surface area (Å²) in [6.45, 7) is 0.448. The number of carbonyl (C=O) groups excluding carboxylic acids is 1. The van der Waals surface area contributed by atoms with Crippen LogP contribution in [0.2, 0.25) is 0 Å². The normalized spacial score (nSPS) is 10.6. The predicted molar refractivity (Wildman–Crippen MR) is 78.3 cm³/mol. The second-order valence-corrected chi connectivity index (χ2v) is 4.73. The van der Waals surface area contributed by atoms with Gasteiger partial charge in [-0.25, -0.2) is 4.98 Å². The Morgan fingerprint density at radius 1 is 1.11 bits per heavy atom. The van der Waals surface area contributed by atoms with Crippen molar-refractivity contribution in [1.29, 1.82) is 0 Å². The van der Waals surface area contributed by atoms with E-state index >= 15 is 0 Å². The van der Waals surface area contributed by atoms with Crippen molar-refractivity contribution in [2.45, 2.75) is 0 Å². The monoisotopic (exact) mass is 317 g/mol. The minimum Gasteiger partial charge on any atom is -0.473 e. The second kappa shape index (κ2) is 6.85. The first-order valence-electron chi connectivity index (χ1n) is 5.74. The molecule has 0 fully saturated rings. The molecule has 19 heavy (non-hydrogen) atoms. The summed E-state index contributed by atoms with van der Waals surface area (Å²) < 4.78 is 6.37. The molecule has 0 amide bonds. The molecule has 0 saturated heterocycles. The molecular formula is C15H12BrNO2. The first-order chi connectivity index (χ1) is 9.28. The van der Waals surface area contributed by atoms with Crippen LogP contribution >= 0.6 is 15.9 Å². The number of hydrogen-bond acceptors (Lipinski definition) is 3. The fourth-order valence-electron chi connectivity index (χ4n) is 1.45. The van der Waals surface area contributed by atoms with Crippen molar-refractivity contribution in [3.63, 3.8) is 0 Å². The van der Waals surface area contributed by atoms with Gasteiger partial charge in [0, 0.05) is 22.3 Å². The summed E-state index contributed by atoms with van der Waals surface area (Å²) in [6, 6.07) is 11.0. The molecule has 0 atom stereocenters. The van der Waals surface area contributed by atoms with E-state index in [9.17, 15) is 4.79 Å². The Labute approximate surface area is 120 Å². The zero-order valence-electron chi connectivity index (χ0n) is 10.1. The van der Waals surface area contributed by atoms with Gasteiger partial charge in [-0.15, -0.1) is 0 Å². The van der Waals surface area contributed by atoms with E-state index in [0.717, 1.165) is 16.3 Å². The number of pyridine rings is 1. The highest BCUT2D eigenvalue weighted by Crippen LogP contribution is 2.12. The fraction of sp³-hybridized carbons (Fsp3) is 0.0667. The molecule has 0 aliphatic carbocycles. The summed E-state index contributed by atoms with van der Waals surface area (Å²) in [5, 5.41) is 0. The molecule has 0 radical (unpaired) electrons. The maximum Gasteiger partial charge on any atom is 0.213 e. The quantitative estimate of drug-likeness (QED) is 0.788. The van der Waals surface area contributed by atoms with Crippen LogP contribution in [0.4, 0.5) is 0 Å². The summed E-state index contributed by atoms with van der Waals surface area (Å²) in [4.78, 5) is 14.6. The van der Waals surface area contributed by atoms with E-state index in [2.05, 4.69) is 20.9 Å². The molecule has 2 rings (SSSR count). The zero-order valence-corrected chi connectivity index (χ0v) is 11.7. The first kappa shape index (κ1) is 13.5. The number of nitrogens with zero attached hydrogens (tertiary/aromatic N) is 1. The molecule has 1 aromatic heterocycles. The highest BCUT2D eigenvalue weighted by Gasteiger charge is 1.93. The van der Waals surface area contributed by atoms with Gasteiger partial charge >= 0.3 is 0 Å². The minimum absolute atomic E-state index is 0.448. The van der Waals surface area contributed by atoms with Crippen molar-refractivity contribution in [3.05, 3.63) is 64.3 Å². The molecule has 2 aromatic rings. The van der Waals surface area contributed by atoms with Crippen LogP contribution in [0.3, 0.4) is 0 Å². The van der Waals surface area contributed by atoms with E-state index in [1.165, 1.54) is 0 Å². The van der Waals surface area contributed by atoms with Crippen LogP contribution in [0.1, 0.15) is 15.9 Å². The van der Waals surface area contributed by atoms with Crippen molar-refractivity contribution < 1.29 is 9.53 Å². The number of aldehydes is 1. The Morgan fingerprint density at radius 2 is 1.84 bits per heavy atom. The van der Waals surface area contributed by atoms with Crippen LogP contribution in [-0.2, 0) is 0 Å². The predicted octanol–water partition coefficient (Wildman–Crippen LogP) is 3.75. The summed E-state index contributed by atoms with van der Waals surface area (Å²) >= 11 is 3.31. The molecule has 0 saturated carbocycles. The van der Waals surface area contributed by atoms with Crippen molar-refractivity contribution in [2.75, 3.05) is 6.61 Å². The minimum atomic E-state index is 0.448. The second-order valence-electron chi connectivity index (χ2n) is 3.81. The zero-order chi connectivity index (χ0) is 13.5. The number of benzene rings is 1. The molecule has 0 bridgehead atoms. The molecule has 4 heteroatoms. The van der Waals surface area contributed by atoms with Crippen molar-refractivity contribution in [3.8, 4) is 5.88 Å². The third-order valence-electron chi connectivity index (χ3n) is 2.41. The number of carbonyl (C=O) groups is 1. The number of rotatable bonds is 5. The average molecular weight is 318 g/mol. The Hall–Kier alpha value is -1.94. The molecule has 0 aliphatic rings. The standard InChI is InChI=1S/C15H12BrNO2/c16-14-7-8-15(17-10-14)19-9-1-2-12-3-5-13(11-18)6-4-12/h1-8,10-11H,9H2. The molecule has 1 aromatic carbocycles. The molecule has 0 unspecified atom stereocenters. The van der Waals surface area contributed by atoms with E-state index < -0.39 is 0 Å². The number of ether oxygens (including phenoxy) is 1. The lowest BCUT2D eigenvalue weighted by atomic mass is 10.1. The molecule has 0 N–H and O–H groups in total. The van der Waals surface area contributed by atoms with Gasteiger partial charge in [0.1, 0.15) is 12.9 Å². The lowest BCUT2D eigenvalue weighted by molar-refractivity contribution is 0.112. The highest BCUT2D eigenvalue weighted by atomic mass is 79.9. The van der Waals surface area contributed by atoms with Crippen molar-refractivity contribution in [2.24, 2.45) is 0 Å². The van der Waals surface area contributed by atoms with Crippen molar-refractivity contribution in [1.82, 2.24) is 4.98 Å². The van der Waals surface area contributed by atoms with Gasteiger partial charge in [-0.2, -0.15) is 0 Å². The van der Waals surface area contributed by atoms with Crippen molar-refractivity contribution >= 4 is 28.3 Å². The smallest absolute Gasteiger partial charge is 0.213 e. The van der Waals surface area contributed by atoms with E-state index in [1.807, 2.05) is 30.4 Å². The van der Waals surface area contributed by atoms with Gasteiger partial charge in [0.15, 0.2) is 0 Å². The molecule has 96 valence electrons. The molecule has 1 heterocycles. The maximum absolute atomic E-state index is 10.5. The summed E-state index contributed by atoms with van der Waals surface area (Å²) in [6.07, 6.45) is 6.36. The molecule has 0 spiro atoms. The number of aromatic nitrogens is 1. The molecule has 0 aliphatic heterocycles. The Kier molecular flexibility index (Phi) is 4.86. The highest BCUT2D eigenvalue weighted by molar-refractivity contribution is 9.10. The first-order valence-corrected chi connectivity index (χ1v) is 6.53. The molecule has 3 nitrogen and oxygen atoms in total. The third-order valence-corrected chi connectivity index (χ3v) is 2.88. The summed E-state index contributed by atoms with van der Waals surface area (Å²) in [5.74, 6) is 0.587. The van der Waals surface area contributed by atoms with E-state index in [-0.39, 0.29) is 0 Å². The summed E-state index contributed by atoms with van der Waals surface area (Å²) in [5.41, 5.74) is 1.70. The van der Waals surface area contributed by atoms with Crippen LogP contribution < -0.4 is 4.74 Å². The van der Waals surface area contributed by atoms with Crippen LogP contribution in [0, 0.1) is 0 Å². The van der Waals surface area contributed by atoms with Gasteiger partial charge in [0.05, 0.1) is 0 Å².